The van der Waals surface area contributed by atoms with E-state index in [2.05, 4.69) is 13.8 Å². The first-order valence-electron chi connectivity index (χ1n) is 8.13. The minimum Gasteiger partial charge on any atom is -0.237 e. The molecule has 4 aliphatic rings. The lowest BCUT2D eigenvalue weighted by molar-refractivity contribution is -0.00948. The maximum atomic E-state index is 6.42. The normalized spacial score (nSPS) is 38.5. The maximum Gasteiger partial charge on any atom is 0.136 e. The maximum absolute atomic E-state index is 6.42. The van der Waals surface area contributed by atoms with E-state index < -0.39 is 0 Å². The molecule has 0 radical (unpaired) electrons. The van der Waals surface area contributed by atoms with Gasteiger partial charge < -0.3 is 0 Å². The number of halogens is 1. The van der Waals surface area contributed by atoms with Crippen LogP contribution < -0.4 is 0 Å². The fourth-order valence-electron chi connectivity index (χ4n) is 5.58. The Hall–Kier alpha value is -0.630. The van der Waals surface area contributed by atoms with E-state index in [1.54, 1.807) is 0 Å². The van der Waals surface area contributed by atoms with Gasteiger partial charge in [0.15, 0.2) is 0 Å². The van der Waals surface area contributed by atoms with Crippen LogP contribution in [-0.4, -0.2) is 9.97 Å². The highest BCUT2D eigenvalue weighted by Crippen LogP contribution is 2.60. The first-order chi connectivity index (χ1) is 9.59. The molecule has 2 nitrogen and oxygen atoms in total. The van der Waals surface area contributed by atoms with Gasteiger partial charge in [0.2, 0.25) is 0 Å². The largest absolute Gasteiger partial charge is 0.237 e. The van der Waals surface area contributed by atoms with E-state index in [1.807, 2.05) is 0 Å². The minimum atomic E-state index is 0.259. The lowest BCUT2D eigenvalue weighted by Gasteiger charge is -2.56. The van der Waals surface area contributed by atoms with Gasteiger partial charge in [-0.05, 0) is 69.6 Å². The molecule has 5 rings (SSSR count). The van der Waals surface area contributed by atoms with Crippen molar-refractivity contribution in [1.29, 1.82) is 0 Å². The van der Waals surface area contributed by atoms with Gasteiger partial charge in [0, 0.05) is 16.7 Å². The number of nitrogens with zero attached hydrogens (tertiary/aromatic N) is 2. The lowest BCUT2D eigenvalue weighted by Crippen LogP contribution is -2.49. The number of aryl methyl sites for hydroxylation is 1. The topological polar surface area (TPSA) is 25.8 Å². The van der Waals surface area contributed by atoms with Crippen LogP contribution in [0.3, 0.4) is 0 Å². The fourth-order valence-corrected chi connectivity index (χ4v) is 5.93. The zero-order chi connectivity index (χ0) is 13.9. The van der Waals surface area contributed by atoms with Crippen molar-refractivity contribution in [3.05, 3.63) is 22.2 Å². The molecule has 0 unspecified atom stereocenters. The Balaban J connectivity index is 1.77. The van der Waals surface area contributed by atoms with Crippen LogP contribution in [0.15, 0.2) is 0 Å². The molecule has 4 fully saturated rings. The number of aromatic nitrogens is 2. The minimum absolute atomic E-state index is 0.259. The average molecular weight is 291 g/mol. The number of rotatable bonds is 2. The summed E-state index contributed by atoms with van der Waals surface area (Å²) in [5.74, 6) is 3.84. The molecule has 1 aromatic heterocycles. The van der Waals surface area contributed by atoms with Gasteiger partial charge in [0.05, 0.1) is 0 Å². The molecule has 0 saturated heterocycles. The predicted molar refractivity (Wildman–Crippen MR) is 81.0 cm³/mol. The van der Waals surface area contributed by atoms with Crippen LogP contribution in [0.4, 0.5) is 0 Å². The summed E-state index contributed by atoms with van der Waals surface area (Å²) >= 11 is 6.42. The summed E-state index contributed by atoms with van der Waals surface area (Å²) < 4.78 is 0. The second kappa shape index (κ2) is 4.43. The van der Waals surface area contributed by atoms with Crippen LogP contribution in [0, 0.1) is 24.7 Å². The van der Waals surface area contributed by atoms with E-state index in [4.69, 9.17) is 21.6 Å². The van der Waals surface area contributed by atoms with Gasteiger partial charge in [0.25, 0.3) is 0 Å². The van der Waals surface area contributed by atoms with Crippen molar-refractivity contribution < 1.29 is 0 Å². The Kier molecular flexibility index (Phi) is 2.89. The predicted octanol–water partition coefficient (Wildman–Crippen LogP) is 4.47. The SMILES string of the molecule is CCc1c(C)nc(C23CC4CC(CC(C4)C2)C3)nc1Cl. The van der Waals surface area contributed by atoms with Gasteiger partial charge in [-0.25, -0.2) is 9.97 Å². The highest BCUT2D eigenvalue weighted by molar-refractivity contribution is 6.30. The molecule has 20 heavy (non-hydrogen) atoms. The van der Waals surface area contributed by atoms with Crippen molar-refractivity contribution in [2.24, 2.45) is 17.8 Å². The van der Waals surface area contributed by atoms with E-state index in [1.165, 1.54) is 38.5 Å². The Morgan fingerprint density at radius 1 is 1.05 bits per heavy atom. The second-order valence-corrected chi connectivity index (χ2v) is 7.81. The Morgan fingerprint density at radius 3 is 2.05 bits per heavy atom. The first-order valence-corrected chi connectivity index (χ1v) is 8.51. The van der Waals surface area contributed by atoms with E-state index in [-0.39, 0.29) is 5.41 Å². The zero-order valence-electron chi connectivity index (χ0n) is 12.5. The second-order valence-electron chi connectivity index (χ2n) is 7.45. The average Bonchev–Trinajstić information content (AvgIpc) is 2.36. The van der Waals surface area contributed by atoms with Crippen LogP contribution in [0.25, 0.3) is 0 Å². The Bertz CT molecular complexity index is 494. The van der Waals surface area contributed by atoms with Gasteiger partial charge in [0.1, 0.15) is 11.0 Å². The van der Waals surface area contributed by atoms with Crippen LogP contribution in [0.1, 0.15) is 62.5 Å². The molecular weight excluding hydrogens is 268 g/mol. The molecule has 0 amide bonds. The molecule has 4 aliphatic carbocycles. The van der Waals surface area contributed by atoms with Gasteiger partial charge in [-0.15, -0.1) is 0 Å². The molecular formula is C17H23ClN2. The molecule has 1 aromatic rings. The van der Waals surface area contributed by atoms with Gasteiger partial charge in [-0.2, -0.15) is 0 Å². The van der Waals surface area contributed by atoms with Gasteiger partial charge >= 0.3 is 0 Å². The number of hydrogen-bond acceptors (Lipinski definition) is 2. The molecule has 0 atom stereocenters. The molecule has 4 saturated carbocycles. The lowest BCUT2D eigenvalue weighted by atomic mass is 9.49. The van der Waals surface area contributed by atoms with E-state index >= 15 is 0 Å². The summed E-state index contributed by atoms with van der Waals surface area (Å²) in [5, 5.41) is 0.700. The van der Waals surface area contributed by atoms with E-state index in [0.29, 0.717) is 5.15 Å². The van der Waals surface area contributed by atoms with E-state index in [9.17, 15) is 0 Å². The third-order valence-electron chi connectivity index (χ3n) is 6.03. The molecule has 0 aliphatic heterocycles. The Labute approximate surface area is 126 Å². The standard InChI is InChI=1S/C17H23ClN2/c1-3-14-10(2)19-16(20-15(14)18)17-7-11-4-12(8-17)6-13(5-11)9-17/h11-13H,3-9H2,1-2H3. The van der Waals surface area contributed by atoms with Crippen LogP contribution in [-0.2, 0) is 11.8 Å². The summed E-state index contributed by atoms with van der Waals surface area (Å²) in [6.07, 6.45) is 9.21. The Morgan fingerprint density at radius 2 is 1.60 bits per heavy atom. The third kappa shape index (κ3) is 1.83. The van der Waals surface area contributed by atoms with Crippen molar-refractivity contribution in [2.75, 3.05) is 0 Å². The molecule has 108 valence electrons. The highest BCUT2D eigenvalue weighted by atomic mass is 35.5. The first kappa shape index (κ1) is 13.1. The van der Waals surface area contributed by atoms with Crippen molar-refractivity contribution in [3.63, 3.8) is 0 Å². The van der Waals surface area contributed by atoms with E-state index in [0.717, 1.165) is 41.3 Å². The third-order valence-corrected chi connectivity index (χ3v) is 6.34. The number of hydrogen-bond donors (Lipinski definition) is 0. The zero-order valence-corrected chi connectivity index (χ0v) is 13.2. The molecule has 3 heteroatoms. The quantitative estimate of drug-likeness (QED) is 0.751. The molecule has 1 heterocycles. The van der Waals surface area contributed by atoms with Crippen LogP contribution >= 0.6 is 11.6 Å². The summed E-state index contributed by atoms with van der Waals surface area (Å²) in [6, 6.07) is 0. The molecule has 4 bridgehead atoms. The monoisotopic (exact) mass is 290 g/mol. The summed E-state index contributed by atoms with van der Waals surface area (Å²) in [6.45, 7) is 4.22. The van der Waals surface area contributed by atoms with Crippen molar-refractivity contribution >= 4 is 11.6 Å². The van der Waals surface area contributed by atoms with Crippen LogP contribution in [0.2, 0.25) is 5.15 Å². The molecule has 0 N–H and O–H groups in total. The van der Waals surface area contributed by atoms with Crippen molar-refractivity contribution in [3.8, 4) is 0 Å². The molecule has 0 aromatic carbocycles. The van der Waals surface area contributed by atoms with Gasteiger partial charge in [-0.3, -0.25) is 0 Å². The van der Waals surface area contributed by atoms with Crippen molar-refractivity contribution in [1.82, 2.24) is 9.97 Å². The fraction of sp³-hybridized carbons (Fsp3) is 0.765. The summed E-state index contributed by atoms with van der Waals surface area (Å²) in [4.78, 5) is 9.65. The van der Waals surface area contributed by atoms with Crippen LogP contribution in [0.5, 0.6) is 0 Å². The summed E-state index contributed by atoms with van der Waals surface area (Å²) in [5.41, 5.74) is 2.48. The van der Waals surface area contributed by atoms with Gasteiger partial charge in [-0.1, -0.05) is 18.5 Å². The summed E-state index contributed by atoms with van der Waals surface area (Å²) in [7, 11) is 0. The molecule has 0 spiro atoms. The van der Waals surface area contributed by atoms with Crippen molar-refractivity contribution in [2.45, 2.75) is 64.2 Å². The highest BCUT2D eigenvalue weighted by Gasteiger charge is 2.53. The smallest absolute Gasteiger partial charge is 0.136 e.